The Balaban J connectivity index is 1.72. The van der Waals surface area contributed by atoms with Gasteiger partial charge >= 0.3 is 0 Å². The van der Waals surface area contributed by atoms with E-state index in [1.54, 1.807) is 11.3 Å². The van der Waals surface area contributed by atoms with Gasteiger partial charge in [0, 0.05) is 24.5 Å². The van der Waals surface area contributed by atoms with Gasteiger partial charge in [0.15, 0.2) is 4.67 Å². The van der Waals surface area contributed by atoms with E-state index in [0.717, 1.165) is 39.4 Å². The fraction of sp³-hybridized carbons (Fsp3) is 0.300. The fourth-order valence-corrected chi connectivity index (χ4v) is 2.54. The molecule has 0 aliphatic heterocycles. The molecule has 0 radical (unpaired) electrons. The number of nitrogens with one attached hydrogen (secondary N) is 1. The Hall–Kier alpha value is -0.170. The van der Waals surface area contributed by atoms with Crippen LogP contribution in [-0.2, 0) is 13.0 Å². The van der Waals surface area contributed by atoms with E-state index >= 15 is 0 Å². The highest BCUT2D eigenvalue weighted by molar-refractivity contribution is 9.13. The number of hydrogen-bond acceptors (Lipinski definition) is 4. The van der Waals surface area contributed by atoms with Crippen molar-refractivity contribution in [1.82, 2.24) is 10.3 Å². The normalized spacial score (nSPS) is 10.9. The third-order valence-corrected chi connectivity index (χ3v) is 4.54. The van der Waals surface area contributed by atoms with Gasteiger partial charge in [-0.2, -0.15) is 0 Å². The van der Waals surface area contributed by atoms with Gasteiger partial charge in [0.1, 0.15) is 5.76 Å². The summed E-state index contributed by atoms with van der Waals surface area (Å²) in [4.78, 5) is 4.22. The summed E-state index contributed by atoms with van der Waals surface area (Å²) >= 11 is 8.37. The maximum atomic E-state index is 5.45. The highest BCUT2D eigenvalue weighted by atomic mass is 79.9. The van der Waals surface area contributed by atoms with E-state index in [2.05, 4.69) is 42.2 Å². The Morgan fingerprint density at radius 2 is 2.31 bits per heavy atom. The Morgan fingerprint density at radius 3 is 2.94 bits per heavy atom. The van der Waals surface area contributed by atoms with Gasteiger partial charge in [-0.3, -0.25) is 0 Å². The molecule has 1 N–H and O–H groups in total. The zero-order valence-corrected chi connectivity index (χ0v) is 12.4. The number of aromatic nitrogens is 1. The molecule has 0 spiro atoms. The molecule has 86 valence electrons. The highest BCUT2D eigenvalue weighted by Gasteiger charge is 2.05. The van der Waals surface area contributed by atoms with E-state index in [1.165, 1.54) is 0 Å². The Morgan fingerprint density at radius 1 is 1.44 bits per heavy atom. The first-order valence-electron chi connectivity index (χ1n) is 4.78. The summed E-state index contributed by atoms with van der Waals surface area (Å²) in [7, 11) is 0. The first-order valence-corrected chi connectivity index (χ1v) is 7.25. The molecule has 0 aromatic carbocycles. The van der Waals surface area contributed by atoms with E-state index in [0.29, 0.717) is 0 Å². The van der Waals surface area contributed by atoms with Crippen molar-refractivity contribution in [3.05, 3.63) is 37.6 Å². The van der Waals surface area contributed by atoms with Crippen LogP contribution in [0.5, 0.6) is 0 Å². The molecule has 16 heavy (non-hydrogen) atoms. The minimum absolute atomic E-state index is 0.732. The molecular formula is C10H10Br2N2OS. The standard InChI is InChI=1S/C10H10Br2N2OS/c11-8-5-7(15-10(8)12)6-13-2-1-9-14-3-4-16-9/h3-5,13H,1-2,6H2. The molecule has 0 saturated carbocycles. The lowest BCUT2D eigenvalue weighted by atomic mass is 10.4. The van der Waals surface area contributed by atoms with E-state index in [1.807, 2.05) is 17.6 Å². The van der Waals surface area contributed by atoms with Crippen LogP contribution in [0.3, 0.4) is 0 Å². The third kappa shape index (κ3) is 3.41. The lowest BCUT2D eigenvalue weighted by molar-refractivity contribution is 0.465. The number of thiazole rings is 1. The quantitative estimate of drug-likeness (QED) is 0.822. The molecule has 2 rings (SSSR count). The fourth-order valence-electron chi connectivity index (χ4n) is 1.26. The van der Waals surface area contributed by atoms with Crippen molar-refractivity contribution in [1.29, 1.82) is 0 Å². The first-order chi connectivity index (χ1) is 7.75. The average Bonchev–Trinajstić information content (AvgIpc) is 2.85. The van der Waals surface area contributed by atoms with E-state index in [4.69, 9.17) is 4.42 Å². The number of nitrogens with zero attached hydrogens (tertiary/aromatic N) is 1. The predicted octanol–water partition coefficient (Wildman–Crippen LogP) is 3.59. The van der Waals surface area contributed by atoms with Crippen molar-refractivity contribution in [2.45, 2.75) is 13.0 Å². The smallest absolute Gasteiger partial charge is 0.183 e. The zero-order valence-electron chi connectivity index (χ0n) is 8.37. The Labute approximate surface area is 115 Å². The van der Waals surface area contributed by atoms with Gasteiger partial charge in [-0.1, -0.05) is 0 Å². The number of furan rings is 1. The van der Waals surface area contributed by atoms with Crippen LogP contribution >= 0.6 is 43.2 Å². The van der Waals surface area contributed by atoms with Gasteiger partial charge < -0.3 is 9.73 Å². The van der Waals surface area contributed by atoms with Crippen molar-refractivity contribution in [3.63, 3.8) is 0 Å². The second-order valence-electron chi connectivity index (χ2n) is 3.19. The van der Waals surface area contributed by atoms with Crippen molar-refractivity contribution < 1.29 is 4.42 Å². The molecule has 3 nitrogen and oxygen atoms in total. The largest absolute Gasteiger partial charge is 0.452 e. The maximum absolute atomic E-state index is 5.45. The average molecular weight is 366 g/mol. The number of halogens is 2. The maximum Gasteiger partial charge on any atom is 0.183 e. The van der Waals surface area contributed by atoms with Gasteiger partial charge in [0.25, 0.3) is 0 Å². The lowest BCUT2D eigenvalue weighted by Crippen LogP contribution is -2.16. The van der Waals surface area contributed by atoms with E-state index < -0.39 is 0 Å². The Kier molecular flexibility index (Phi) is 4.57. The monoisotopic (exact) mass is 364 g/mol. The van der Waals surface area contributed by atoms with Gasteiger partial charge in [-0.05, 0) is 37.9 Å². The molecule has 0 atom stereocenters. The number of hydrogen-bond donors (Lipinski definition) is 1. The molecule has 0 saturated heterocycles. The third-order valence-electron chi connectivity index (χ3n) is 1.99. The topological polar surface area (TPSA) is 38.1 Å². The van der Waals surface area contributed by atoms with Gasteiger partial charge in [-0.25, -0.2) is 4.98 Å². The zero-order chi connectivity index (χ0) is 11.4. The van der Waals surface area contributed by atoms with Gasteiger partial charge in [-0.15, -0.1) is 11.3 Å². The van der Waals surface area contributed by atoms with Crippen LogP contribution in [0.15, 0.2) is 31.2 Å². The summed E-state index contributed by atoms with van der Waals surface area (Å²) in [5, 5.41) is 6.47. The molecule has 0 bridgehead atoms. The molecule has 2 aromatic rings. The molecule has 0 unspecified atom stereocenters. The van der Waals surface area contributed by atoms with Crippen LogP contribution in [0.1, 0.15) is 10.8 Å². The summed E-state index contributed by atoms with van der Waals surface area (Å²) in [6.07, 6.45) is 2.79. The van der Waals surface area contributed by atoms with Gasteiger partial charge in [0.2, 0.25) is 0 Å². The van der Waals surface area contributed by atoms with Crippen molar-refractivity contribution in [2.75, 3.05) is 6.54 Å². The second-order valence-corrected chi connectivity index (χ2v) is 5.74. The minimum Gasteiger partial charge on any atom is -0.452 e. The highest BCUT2D eigenvalue weighted by Crippen LogP contribution is 2.26. The van der Waals surface area contributed by atoms with Crippen LogP contribution in [-0.4, -0.2) is 11.5 Å². The van der Waals surface area contributed by atoms with Gasteiger partial charge in [0.05, 0.1) is 16.0 Å². The van der Waals surface area contributed by atoms with E-state index in [-0.39, 0.29) is 0 Å². The van der Waals surface area contributed by atoms with Crippen molar-refractivity contribution in [2.24, 2.45) is 0 Å². The van der Waals surface area contributed by atoms with Crippen LogP contribution in [0.4, 0.5) is 0 Å². The SMILES string of the molecule is Brc1cc(CNCCc2nccs2)oc1Br. The summed E-state index contributed by atoms with van der Waals surface area (Å²) < 4.78 is 7.13. The molecule has 2 heterocycles. The summed E-state index contributed by atoms with van der Waals surface area (Å²) in [5.41, 5.74) is 0. The second kappa shape index (κ2) is 5.95. The molecule has 0 amide bonds. The van der Waals surface area contributed by atoms with Crippen LogP contribution in [0, 0.1) is 0 Å². The molecule has 0 aliphatic carbocycles. The lowest BCUT2D eigenvalue weighted by Gasteiger charge is -1.99. The van der Waals surface area contributed by atoms with Crippen LogP contribution in [0.25, 0.3) is 0 Å². The Bertz CT molecular complexity index is 422. The van der Waals surface area contributed by atoms with Crippen molar-refractivity contribution >= 4 is 43.2 Å². The summed E-state index contributed by atoms with van der Waals surface area (Å²) in [6, 6.07) is 1.96. The van der Waals surface area contributed by atoms with Crippen LogP contribution in [0.2, 0.25) is 0 Å². The van der Waals surface area contributed by atoms with Crippen molar-refractivity contribution in [3.8, 4) is 0 Å². The molecule has 0 fully saturated rings. The van der Waals surface area contributed by atoms with E-state index in [9.17, 15) is 0 Å². The molecular weight excluding hydrogens is 356 g/mol. The molecule has 2 aromatic heterocycles. The number of rotatable bonds is 5. The first kappa shape index (κ1) is 12.3. The summed E-state index contributed by atoms with van der Waals surface area (Å²) in [5.74, 6) is 0.915. The molecule has 6 heteroatoms. The van der Waals surface area contributed by atoms with Crippen LogP contribution < -0.4 is 5.32 Å². The predicted molar refractivity (Wildman–Crippen MR) is 71.6 cm³/mol. The molecule has 0 aliphatic rings. The summed E-state index contributed by atoms with van der Waals surface area (Å²) in [6.45, 7) is 1.64. The minimum atomic E-state index is 0.732.